The molecular weight excluding hydrogens is 346 g/mol. The van der Waals surface area contributed by atoms with Crippen LogP contribution in [-0.2, 0) is 22.5 Å². The minimum absolute atomic E-state index is 0.0121. The number of aliphatic hydroxyl groups is 4. The van der Waals surface area contributed by atoms with Gasteiger partial charge >= 0.3 is 0 Å². The summed E-state index contributed by atoms with van der Waals surface area (Å²) in [5.74, 6) is -1.00. The van der Waals surface area contributed by atoms with Gasteiger partial charge in [0.2, 0.25) is 5.91 Å². The van der Waals surface area contributed by atoms with Crippen molar-refractivity contribution in [2.24, 2.45) is 22.8 Å². The lowest BCUT2D eigenvalue weighted by Gasteiger charge is -2.29. The van der Waals surface area contributed by atoms with Crippen molar-refractivity contribution in [1.29, 1.82) is 0 Å². The zero-order valence-electron chi connectivity index (χ0n) is 14.7. The van der Waals surface area contributed by atoms with Crippen LogP contribution < -0.4 is 11.5 Å². The van der Waals surface area contributed by atoms with Crippen molar-refractivity contribution >= 4 is 5.91 Å². The zero-order chi connectivity index (χ0) is 19.6. The van der Waals surface area contributed by atoms with Gasteiger partial charge < -0.3 is 36.6 Å². The third-order valence-corrected chi connectivity index (χ3v) is 4.11. The van der Waals surface area contributed by atoms with Gasteiger partial charge in [0.1, 0.15) is 0 Å². The van der Waals surface area contributed by atoms with Gasteiger partial charge in [-0.2, -0.15) is 0 Å². The van der Waals surface area contributed by atoms with Crippen molar-refractivity contribution in [2.75, 3.05) is 39.6 Å². The fourth-order valence-electron chi connectivity index (χ4n) is 2.21. The Bertz CT molecular complexity index is 532. The number of primary amides is 1. The predicted molar refractivity (Wildman–Crippen MR) is 90.6 cm³/mol. The summed E-state index contributed by atoms with van der Waals surface area (Å²) in [4.78, 5) is 10.9. The van der Waals surface area contributed by atoms with Crippen LogP contribution in [0.25, 0.3) is 0 Å². The Hall–Kier alpha value is -1.63. The number of hydrogen-bond acceptors (Lipinski definition) is 9. The zero-order valence-corrected chi connectivity index (χ0v) is 14.7. The third kappa shape index (κ3) is 6.94. The molecule has 26 heavy (non-hydrogen) atoms. The molecule has 0 aromatic carbocycles. The van der Waals surface area contributed by atoms with E-state index in [0.29, 0.717) is 18.5 Å². The van der Waals surface area contributed by atoms with E-state index in [1.54, 1.807) is 6.20 Å². The van der Waals surface area contributed by atoms with Crippen molar-refractivity contribution in [3.8, 4) is 0 Å². The number of carbonyl (C=O) groups is 1. The molecule has 8 N–H and O–H groups in total. The molecule has 150 valence electrons. The van der Waals surface area contributed by atoms with Gasteiger partial charge in [0, 0.05) is 12.1 Å². The van der Waals surface area contributed by atoms with Gasteiger partial charge in [-0.3, -0.25) is 9.48 Å². The smallest absolute Gasteiger partial charge is 0.234 e. The molecule has 0 fully saturated rings. The molecule has 0 radical (unpaired) electrons. The first-order valence-electron chi connectivity index (χ1n) is 8.34. The average Bonchev–Trinajstić information content (AvgIpc) is 3.09. The summed E-state index contributed by atoms with van der Waals surface area (Å²) >= 11 is 0. The van der Waals surface area contributed by atoms with Gasteiger partial charge in [-0.15, -0.1) is 5.10 Å². The molecule has 1 amide bonds. The quantitative estimate of drug-likeness (QED) is 0.192. The predicted octanol–water partition coefficient (Wildman–Crippen LogP) is -3.39. The lowest BCUT2D eigenvalue weighted by molar-refractivity contribution is -0.119. The van der Waals surface area contributed by atoms with Gasteiger partial charge in [-0.05, 0) is 12.8 Å². The number of aliphatic hydroxyl groups excluding tert-OH is 4. The molecule has 0 spiro atoms. The van der Waals surface area contributed by atoms with E-state index in [9.17, 15) is 15.0 Å². The fourth-order valence-corrected chi connectivity index (χ4v) is 2.21. The summed E-state index contributed by atoms with van der Waals surface area (Å²) in [6, 6.07) is -0.756. The number of aryl methyl sites for hydroxylation is 1. The van der Waals surface area contributed by atoms with Crippen molar-refractivity contribution < 1.29 is 30.0 Å². The van der Waals surface area contributed by atoms with Gasteiger partial charge in [-0.25, -0.2) is 0 Å². The Morgan fingerprint density at radius 2 is 1.92 bits per heavy atom. The van der Waals surface area contributed by atoms with Crippen molar-refractivity contribution in [2.45, 2.75) is 25.4 Å². The van der Waals surface area contributed by atoms with E-state index < -0.39 is 23.3 Å². The number of amides is 1. The Kier molecular flexibility index (Phi) is 9.62. The molecule has 0 aliphatic heterocycles. The molecule has 1 heterocycles. The molecule has 1 atom stereocenters. The largest absolute Gasteiger partial charge is 0.396 e. The lowest BCUT2D eigenvalue weighted by Crippen LogP contribution is -2.40. The highest BCUT2D eigenvalue weighted by Gasteiger charge is 2.31. The standard InChI is InChI=1S/C15H29N5O6/c16-13(14(17)25)2-1-12-3-20(19-18-12)7-15(8-23,9-24)10-26-6-11(4-21)5-22/h3,11,13,21-24H,1-2,4-10,16H2,(H2,17,25)/t13-/m1/s1. The lowest BCUT2D eigenvalue weighted by atomic mass is 9.91. The molecule has 1 aromatic rings. The number of ether oxygens (including phenoxy) is 1. The number of rotatable bonds is 14. The van der Waals surface area contributed by atoms with Crippen LogP contribution in [-0.4, -0.2) is 87.0 Å². The normalized spacial score (nSPS) is 13.3. The number of nitrogens with two attached hydrogens (primary N) is 2. The second-order valence-electron chi connectivity index (χ2n) is 6.52. The van der Waals surface area contributed by atoms with Crippen molar-refractivity contribution in [3.05, 3.63) is 11.9 Å². The molecule has 0 bridgehead atoms. The van der Waals surface area contributed by atoms with E-state index in [-0.39, 0.29) is 46.2 Å². The van der Waals surface area contributed by atoms with Crippen LogP contribution in [0.3, 0.4) is 0 Å². The number of aromatic nitrogens is 3. The first kappa shape index (κ1) is 22.4. The van der Waals surface area contributed by atoms with Crippen LogP contribution in [0, 0.1) is 11.3 Å². The fraction of sp³-hybridized carbons (Fsp3) is 0.800. The molecule has 0 unspecified atom stereocenters. The molecule has 11 heteroatoms. The first-order chi connectivity index (χ1) is 12.4. The Morgan fingerprint density at radius 3 is 2.46 bits per heavy atom. The number of carbonyl (C=O) groups excluding carboxylic acids is 1. The molecule has 0 aliphatic rings. The molecule has 1 aromatic heterocycles. The van der Waals surface area contributed by atoms with E-state index in [4.69, 9.17) is 26.4 Å². The number of nitrogens with zero attached hydrogens (tertiary/aromatic N) is 3. The molecule has 0 saturated heterocycles. The molecular formula is C15H29N5O6. The topological polar surface area (TPSA) is 190 Å². The van der Waals surface area contributed by atoms with Gasteiger partial charge in [-0.1, -0.05) is 5.21 Å². The summed E-state index contributed by atoms with van der Waals surface area (Å²) in [5.41, 5.74) is 10.3. The highest BCUT2D eigenvalue weighted by atomic mass is 16.5. The van der Waals surface area contributed by atoms with E-state index in [1.807, 2.05) is 0 Å². The average molecular weight is 375 g/mol. The Balaban J connectivity index is 2.62. The Labute approximate surface area is 151 Å². The highest BCUT2D eigenvalue weighted by molar-refractivity contribution is 5.79. The van der Waals surface area contributed by atoms with Crippen LogP contribution in [0.5, 0.6) is 0 Å². The van der Waals surface area contributed by atoms with Crippen LogP contribution in [0.4, 0.5) is 0 Å². The minimum atomic E-state index is -0.996. The molecule has 0 saturated carbocycles. The van der Waals surface area contributed by atoms with Crippen LogP contribution >= 0.6 is 0 Å². The molecule has 0 aliphatic carbocycles. The van der Waals surface area contributed by atoms with Gasteiger partial charge in [0.25, 0.3) is 0 Å². The summed E-state index contributed by atoms with van der Waals surface area (Å²) in [6.07, 6.45) is 2.39. The highest BCUT2D eigenvalue weighted by Crippen LogP contribution is 2.20. The number of hydrogen-bond donors (Lipinski definition) is 6. The van der Waals surface area contributed by atoms with Crippen molar-refractivity contribution in [1.82, 2.24) is 15.0 Å². The van der Waals surface area contributed by atoms with Crippen LogP contribution in [0.1, 0.15) is 12.1 Å². The summed E-state index contributed by atoms with van der Waals surface area (Å²) < 4.78 is 6.91. The summed E-state index contributed by atoms with van der Waals surface area (Å²) in [5, 5.41) is 45.4. The monoisotopic (exact) mass is 375 g/mol. The van der Waals surface area contributed by atoms with Crippen LogP contribution in [0.2, 0.25) is 0 Å². The van der Waals surface area contributed by atoms with E-state index in [0.717, 1.165) is 0 Å². The van der Waals surface area contributed by atoms with Gasteiger partial charge in [0.15, 0.2) is 0 Å². The molecule has 11 nitrogen and oxygen atoms in total. The maximum atomic E-state index is 10.9. The Morgan fingerprint density at radius 1 is 1.27 bits per heavy atom. The first-order valence-corrected chi connectivity index (χ1v) is 8.34. The minimum Gasteiger partial charge on any atom is -0.396 e. The second-order valence-corrected chi connectivity index (χ2v) is 6.52. The van der Waals surface area contributed by atoms with E-state index >= 15 is 0 Å². The van der Waals surface area contributed by atoms with Crippen molar-refractivity contribution in [3.63, 3.8) is 0 Å². The van der Waals surface area contributed by atoms with E-state index in [2.05, 4.69) is 10.3 Å². The third-order valence-electron chi connectivity index (χ3n) is 4.11. The van der Waals surface area contributed by atoms with Gasteiger partial charge in [0.05, 0.1) is 63.3 Å². The second kappa shape index (κ2) is 11.2. The maximum absolute atomic E-state index is 10.9. The SMILES string of the molecule is NC(=O)[C@H](N)CCc1cn(CC(CO)(CO)COCC(CO)CO)nn1. The molecule has 1 rings (SSSR count). The summed E-state index contributed by atoms with van der Waals surface area (Å²) in [6.45, 7) is -0.885. The summed E-state index contributed by atoms with van der Waals surface area (Å²) in [7, 11) is 0. The maximum Gasteiger partial charge on any atom is 0.234 e. The van der Waals surface area contributed by atoms with E-state index in [1.165, 1.54) is 4.68 Å². The van der Waals surface area contributed by atoms with Crippen LogP contribution in [0.15, 0.2) is 6.20 Å².